The maximum atomic E-state index is 12.9. The zero-order valence-electron chi connectivity index (χ0n) is 62.8. The van der Waals surface area contributed by atoms with E-state index >= 15 is 0 Å². The van der Waals surface area contributed by atoms with Crippen LogP contribution >= 0.6 is 0 Å². The highest BCUT2D eigenvalue weighted by Gasteiger charge is 2.30. The van der Waals surface area contributed by atoms with Gasteiger partial charge in [0, 0.05) is 159 Å². The molecular formula is C85H86N24O2. The van der Waals surface area contributed by atoms with Gasteiger partial charge in [-0.1, -0.05) is 48.5 Å². The van der Waals surface area contributed by atoms with Crippen LogP contribution in [0.15, 0.2) is 164 Å². The Labute approximate surface area is 639 Å². The van der Waals surface area contributed by atoms with E-state index < -0.39 is 0 Å². The first-order chi connectivity index (χ1) is 54.2. The standard InChI is InChI=1S/C22H24N6O.C22H22N6.C21H22N6O.C20H18N6/c1-2-24-22(29)16-12-15-18(27-11-5-6-14(23)13-27)9-10-25-20(15)28-19-8-4-3-7-17(19)26-21(16)28;1-14-10-20(27-9-8-16(13-27)26(2)3)17-11-15(12-23)21-25-18-6-4-5-7-19(18)28(21)22(17)24-14;1-23-21(28)15-11-14-17(26-10-4-5-13(22)12-26)8-9-24-19(14)27-18-7-3-2-6-16(18)25-20(15)27;21-11-13-10-15-17(25-9-3-4-14(22)12-25)7-8-23-20(15)26-18-6-2-1-5-16(18)24-19(13)26/h3-4,7-10,12,14H,2,5-6,11,13,23H2,1H3,(H,24,29);4-7,10-11,16H,8-9,13H2,1-3H3;2-3,6-9,11,13H,4-5,10,12,22H2,1H3,(H,23,28);1-2,5-8,10,14H,3-4,9,12,22H2/t14-;16-;13-;14-/m1011/s1. The monoisotopic (exact) mass is 1470 g/mol. The van der Waals surface area contributed by atoms with Crippen molar-refractivity contribution >= 4 is 145 Å². The van der Waals surface area contributed by atoms with Crippen LogP contribution in [0, 0.1) is 29.6 Å². The lowest BCUT2D eigenvalue weighted by Gasteiger charge is -2.33. The Balaban J connectivity index is 0.000000108. The van der Waals surface area contributed by atoms with Gasteiger partial charge in [0.1, 0.15) is 34.7 Å². The molecule has 26 nitrogen and oxygen atoms in total. The molecule has 12 aromatic heterocycles. The number of rotatable bonds is 8. The number of pyridine rings is 8. The molecule has 4 aliphatic heterocycles. The minimum atomic E-state index is -0.160. The number of likely N-dealkylation sites (N-methyl/N-ethyl adjacent to an activating group) is 1. The number of para-hydroxylation sites is 8. The molecule has 2 amide bonds. The molecule has 558 valence electrons. The highest BCUT2D eigenvalue weighted by molar-refractivity contribution is 6.09. The maximum absolute atomic E-state index is 12.9. The molecule has 16 heterocycles. The predicted molar refractivity (Wildman–Crippen MR) is 440 cm³/mol. The number of anilines is 4. The molecule has 8 N–H and O–H groups in total. The van der Waals surface area contributed by atoms with Gasteiger partial charge in [0.2, 0.25) is 0 Å². The fraction of sp³-hybridized carbons (Fsp3) is 0.294. The van der Waals surface area contributed by atoms with Crippen LogP contribution in [0.3, 0.4) is 0 Å². The van der Waals surface area contributed by atoms with Gasteiger partial charge < -0.3 is 52.3 Å². The van der Waals surface area contributed by atoms with Crippen molar-refractivity contribution in [2.45, 2.75) is 83.0 Å². The van der Waals surface area contributed by atoms with E-state index in [-0.39, 0.29) is 29.9 Å². The summed E-state index contributed by atoms with van der Waals surface area (Å²) in [6.45, 7) is 11.8. The second-order valence-electron chi connectivity index (χ2n) is 29.6. The van der Waals surface area contributed by atoms with Crippen LogP contribution in [0.1, 0.15) is 89.4 Å². The van der Waals surface area contributed by atoms with Crippen LogP contribution in [0.25, 0.3) is 111 Å². The van der Waals surface area contributed by atoms with Crippen molar-refractivity contribution in [3.63, 3.8) is 0 Å². The second-order valence-corrected chi connectivity index (χ2v) is 29.6. The van der Waals surface area contributed by atoms with Crippen LogP contribution in [0.5, 0.6) is 0 Å². The number of nitrogens with one attached hydrogen (secondary N) is 2. The van der Waals surface area contributed by atoms with E-state index in [0.717, 1.165) is 214 Å². The largest absolute Gasteiger partial charge is 0.369 e. The van der Waals surface area contributed by atoms with Crippen molar-refractivity contribution in [2.24, 2.45) is 17.2 Å². The van der Waals surface area contributed by atoms with E-state index in [2.05, 4.69) is 87.4 Å². The van der Waals surface area contributed by atoms with Gasteiger partial charge in [0.15, 0.2) is 22.6 Å². The molecule has 0 aliphatic carbocycles. The lowest BCUT2D eigenvalue weighted by Crippen LogP contribution is -2.43. The molecule has 0 unspecified atom stereocenters. The Bertz CT molecular complexity index is 6440. The number of fused-ring (bicyclic) bond motifs is 20. The Morgan fingerprint density at radius 1 is 0.450 bits per heavy atom. The van der Waals surface area contributed by atoms with Gasteiger partial charge >= 0.3 is 0 Å². The Morgan fingerprint density at radius 3 is 1.21 bits per heavy atom. The van der Waals surface area contributed by atoms with E-state index in [4.69, 9.17) is 37.1 Å². The summed E-state index contributed by atoms with van der Waals surface area (Å²) in [6.07, 6.45) is 13.0. The molecule has 4 atom stereocenters. The molecule has 4 aliphatic rings. The number of carbonyl (C=O) groups is 2. The van der Waals surface area contributed by atoms with E-state index in [0.29, 0.717) is 57.4 Å². The molecule has 0 spiro atoms. The maximum Gasteiger partial charge on any atom is 0.255 e. The van der Waals surface area contributed by atoms with Crippen molar-refractivity contribution in [1.29, 1.82) is 10.5 Å². The highest BCUT2D eigenvalue weighted by Crippen LogP contribution is 2.39. The summed E-state index contributed by atoms with van der Waals surface area (Å²) in [4.78, 5) is 74.9. The van der Waals surface area contributed by atoms with Gasteiger partial charge in [-0.3, -0.25) is 27.2 Å². The summed E-state index contributed by atoms with van der Waals surface area (Å²) in [5.41, 5.74) is 39.3. The van der Waals surface area contributed by atoms with Crippen LogP contribution in [0.4, 0.5) is 22.7 Å². The van der Waals surface area contributed by atoms with Crippen molar-refractivity contribution in [1.82, 2.24) is 73.0 Å². The van der Waals surface area contributed by atoms with Crippen molar-refractivity contribution < 1.29 is 9.59 Å². The number of hydrogen-bond acceptors (Lipinski definition) is 20. The predicted octanol–water partition coefficient (Wildman–Crippen LogP) is 11.2. The molecule has 20 rings (SSSR count). The number of carbonyl (C=O) groups excluding carboxylic acids is 2. The topological polar surface area (TPSA) is 321 Å². The Kier molecular flexibility index (Phi) is 19.0. The summed E-state index contributed by atoms with van der Waals surface area (Å²) >= 11 is 0. The number of aromatic nitrogens is 12. The molecule has 4 saturated heterocycles. The van der Waals surface area contributed by atoms with E-state index in [1.807, 2.05) is 190 Å². The molecule has 26 heteroatoms. The number of nitrogens with zero attached hydrogens (tertiary/aromatic N) is 19. The number of aryl methyl sites for hydroxylation is 1. The van der Waals surface area contributed by atoms with E-state index in [1.54, 1.807) is 7.05 Å². The van der Waals surface area contributed by atoms with Gasteiger partial charge in [0.25, 0.3) is 11.8 Å². The number of benzene rings is 4. The number of amides is 2. The van der Waals surface area contributed by atoms with E-state index in [1.165, 1.54) is 0 Å². The third-order valence-electron chi connectivity index (χ3n) is 22.1. The van der Waals surface area contributed by atoms with Crippen LogP contribution in [0.2, 0.25) is 0 Å². The number of nitrogens with two attached hydrogens (primary N) is 3. The second kappa shape index (κ2) is 29.7. The lowest BCUT2D eigenvalue weighted by molar-refractivity contribution is 0.0951. The van der Waals surface area contributed by atoms with Gasteiger partial charge in [-0.05, 0) is 170 Å². The zero-order chi connectivity index (χ0) is 76.3. The zero-order valence-corrected chi connectivity index (χ0v) is 62.8. The van der Waals surface area contributed by atoms with Crippen molar-refractivity contribution in [3.05, 3.63) is 192 Å². The third-order valence-corrected chi connectivity index (χ3v) is 22.1. The summed E-state index contributed by atoms with van der Waals surface area (Å²) in [7, 11) is 5.91. The minimum Gasteiger partial charge on any atom is -0.369 e. The summed E-state index contributed by atoms with van der Waals surface area (Å²) < 4.78 is 8.03. The molecule has 0 bridgehead atoms. The fourth-order valence-electron chi connectivity index (χ4n) is 16.8. The normalized spacial score (nSPS) is 17.5. The van der Waals surface area contributed by atoms with Crippen molar-refractivity contribution in [3.8, 4) is 12.1 Å². The summed E-state index contributed by atoms with van der Waals surface area (Å²) in [6, 6.07) is 53.3. The molecule has 4 aromatic carbocycles. The molecule has 4 fully saturated rings. The van der Waals surface area contributed by atoms with E-state index in [9.17, 15) is 20.1 Å². The molecular weight excluding hydrogens is 1390 g/mol. The summed E-state index contributed by atoms with van der Waals surface area (Å²) in [5, 5.41) is 29.0. The van der Waals surface area contributed by atoms with Gasteiger partial charge in [-0.2, -0.15) is 10.5 Å². The third kappa shape index (κ3) is 12.9. The van der Waals surface area contributed by atoms with Crippen LogP contribution in [-0.2, 0) is 0 Å². The average Bonchev–Trinajstić information content (AvgIpc) is 1.61. The molecule has 0 radical (unpaired) electrons. The molecule has 0 saturated carbocycles. The average molecular weight is 1480 g/mol. The first kappa shape index (κ1) is 71.2. The Morgan fingerprint density at radius 2 is 0.820 bits per heavy atom. The van der Waals surface area contributed by atoms with Crippen LogP contribution < -0.4 is 47.4 Å². The quantitative estimate of drug-likeness (QED) is 0.0943. The molecule has 16 aromatic rings. The molecule has 111 heavy (non-hydrogen) atoms. The number of hydrogen-bond donors (Lipinski definition) is 5. The lowest BCUT2D eigenvalue weighted by atomic mass is 10.0. The summed E-state index contributed by atoms with van der Waals surface area (Å²) in [5.74, 6) is -0.285. The van der Waals surface area contributed by atoms with Gasteiger partial charge in [-0.15, -0.1) is 0 Å². The SMILES string of the molecule is CCNC(=O)c1cc2c(N3CCC[C@@H](N)C3)ccnc2n2c1nc1ccccc12.CNC(=O)c1cc2c(N3CCC[C@@H](N)C3)ccnc2n2c1nc1ccccc12.Cc1cc(N2CC[C@H](N(C)C)C2)c2cc(C#N)c3nc4ccccc4n3c2n1.N#Cc1cc2c(N3CCC[C@@H](N)C3)ccnc2n2c1nc1ccccc12. The van der Waals surface area contributed by atoms with Crippen molar-refractivity contribution in [2.75, 3.05) is 99.6 Å². The number of nitriles is 2. The number of piperidine rings is 3. The smallest absolute Gasteiger partial charge is 0.255 e. The minimum absolute atomic E-state index is 0.125. The first-order valence-corrected chi connectivity index (χ1v) is 38.2. The first-order valence-electron chi connectivity index (χ1n) is 38.2. The highest BCUT2D eigenvalue weighted by atomic mass is 16.2. The Hall–Kier alpha value is -12.7. The fourth-order valence-corrected chi connectivity index (χ4v) is 16.8. The van der Waals surface area contributed by atoms with Gasteiger partial charge in [0.05, 0.1) is 66.4 Å². The van der Waals surface area contributed by atoms with Gasteiger partial charge in [-0.25, -0.2) is 39.9 Å². The van der Waals surface area contributed by atoms with Crippen LogP contribution in [-0.4, -0.2) is 178 Å². The number of imidazole rings is 4.